The summed E-state index contributed by atoms with van der Waals surface area (Å²) in [5.74, 6) is -6.12. The van der Waals surface area contributed by atoms with Crippen LogP contribution in [0.15, 0.2) is 0 Å². The minimum absolute atomic E-state index is 0. The van der Waals surface area contributed by atoms with E-state index in [1.165, 1.54) is 0 Å². The summed E-state index contributed by atoms with van der Waals surface area (Å²) in [5, 5.41) is 41.6. The molecule has 0 aliphatic rings. The Bertz CT molecular complexity index is 321. The fraction of sp³-hybridized carbons (Fsp3) is 0.600. The maximum Gasteiger partial charge on any atom is 0.0555 e. The summed E-state index contributed by atoms with van der Waals surface area (Å²) in [5.41, 5.74) is 0. The Morgan fingerprint density at radius 3 is 0.905 bits per heavy atom. The van der Waals surface area contributed by atoms with E-state index in [1.807, 2.05) is 0 Å². The van der Waals surface area contributed by atoms with Crippen LogP contribution in [0.3, 0.4) is 0 Å². The zero-order valence-electron chi connectivity index (χ0n) is 10.9. The van der Waals surface area contributed by atoms with Gasteiger partial charge in [-0.05, 0) is 0 Å². The van der Waals surface area contributed by atoms with Gasteiger partial charge in [-0.1, -0.05) is 0 Å². The van der Waals surface area contributed by atoms with Gasteiger partial charge >= 0.3 is 0 Å². The molecule has 0 aliphatic heterocycles. The molecule has 119 valence electrons. The molecule has 0 saturated heterocycles. The van der Waals surface area contributed by atoms with E-state index >= 15 is 0 Å². The minimum atomic E-state index is -1.53. The standard InChI is InChI=1S/C10H16N2O8.Bi/c13-7(14)3-11(4-8(15)16)1-2-12(5-9(17)18)6-10(19)20;/h1-6H2,(H,13,14)(H,15,16)(H,17,18)(H,19,20);/p-4. The van der Waals surface area contributed by atoms with Gasteiger partial charge in [0.05, 0.1) is 23.9 Å². The van der Waals surface area contributed by atoms with Crippen molar-refractivity contribution in [2.24, 2.45) is 0 Å². The summed E-state index contributed by atoms with van der Waals surface area (Å²) in [7, 11) is 0. The fourth-order valence-electron chi connectivity index (χ4n) is 1.44. The number of aliphatic carboxylic acids is 4. The van der Waals surface area contributed by atoms with E-state index in [9.17, 15) is 39.6 Å². The zero-order chi connectivity index (χ0) is 15.7. The van der Waals surface area contributed by atoms with E-state index in [0.29, 0.717) is 0 Å². The van der Waals surface area contributed by atoms with Crippen LogP contribution in [0.2, 0.25) is 0 Å². The molecule has 0 aromatic heterocycles. The summed E-state index contributed by atoms with van der Waals surface area (Å²) in [4.78, 5) is 43.4. The maximum atomic E-state index is 10.4. The molecule has 0 unspecified atom stereocenters. The zero-order valence-corrected chi connectivity index (χ0v) is 14.3. The second-order valence-corrected chi connectivity index (χ2v) is 3.91. The second kappa shape index (κ2) is 11.4. The first-order valence-electron chi connectivity index (χ1n) is 5.44. The quantitative estimate of drug-likeness (QED) is 0.250. The van der Waals surface area contributed by atoms with Gasteiger partial charge in [-0.3, -0.25) is 9.80 Å². The molecule has 0 amide bonds. The third kappa shape index (κ3) is 13.4. The van der Waals surface area contributed by atoms with Gasteiger partial charge in [-0.25, -0.2) is 0 Å². The van der Waals surface area contributed by atoms with Crippen LogP contribution >= 0.6 is 0 Å². The van der Waals surface area contributed by atoms with Crippen molar-refractivity contribution in [3.05, 3.63) is 0 Å². The largest absolute Gasteiger partial charge is 0.549 e. The third-order valence-corrected chi connectivity index (χ3v) is 2.14. The normalized spacial score (nSPS) is 10.2. The van der Waals surface area contributed by atoms with Crippen LogP contribution in [0.1, 0.15) is 0 Å². The molecule has 3 radical (unpaired) electrons. The smallest absolute Gasteiger partial charge is 0.0555 e. The molecule has 0 aliphatic carbocycles. The van der Waals surface area contributed by atoms with Crippen molar-refractivity contribution < 1.29 is 39.6 Å². The van der Waals surface area contributed by atoms with Crippen LogP contribution in [0.4, 0.5) is 0 Å². The predicted molar refractivity (Wildman–Crippen MR) is 58.7 cm³/mol. The molecule has 0 bridgehead atoms. The Morgan fingerprint density at radius 1 is 0.571 bits per heavy atom. The minimum Gasteiger partial charge on any atom is -0.549 e. The number of hydrogen-bond donors (Lipinski definition) is 0. The monoisotopic (exact) mass is 497 g/mol. The van der Waals surface area contributed by atoms with Crippen LogP contribution in [-0.4, -0.2) is 99.1 Å². The Morgan fingerprint density at radius 2 is 0.762 bits per heavy atom. The topological polar surface area (TPSA) is 167 Å². The third-order valence-electron chi connectivity index (χ3n) is 2.14. The van der Waals surface area contributed by atoms with Crippen molar-refractivity contribution in [3.8, 4) is 0 Å². The molecule has 0 rings (SSSR count). The van der Waals surface area contributed by atoms with Crippen molar-refractivity contribution in [2.45, 2.75) is 0 Å². The van der Waals surface area contributed by atoms with Crippen LogP contribution in [-0.2, 0) is 19.2 Å². The van der Waals surface area contributed by atoms with Crippen LogP contribution in [0.25, 0.3) is 0 Å². The Labute approximate surface area is 139 Å². The van der Waals surface area contributed by atoms with Gasteiger partial charge < -0.3 is 39.6 Å². The first-order valence-corrected chi connectivity index (χ1v) is 5.44. The first kappa shape index (κ1) is 22.0. The van der Waals surface area contributed by atoms with Crippen LogP contribution in [0.5, 0.6) is 0 Å². The van der Waals surface area contributed by atoms with Crippen LogP contribution in [0, 0.1) is 0 Å². The number of nitrogens with zero attached hydrogens (tertiary/aromatic N) is 2. The van der Waals surface area contributed by atoms with Gasteiger partial charge in [0.15, 0.2) is 0 Å². The molecular weight excluding hydrogens is 485 g/mol. The van der Waals surface area contributed by atoms with Crippen molar-refractivity contribution in [3.63, 3.8) is 0 Å². The fourth-order valence-corrected chi connectivity index (χ4v) is 1.44. The van der Waals surface area contributed by atoms with E-state index in [-0.39, 0.29) is 39.3 Å². The number of hydrogen-bond acceptors (Lipinski definition) is 10. The van der Waals surface area contributed by atoms with Gasteiger partial charge in [0.2, 0.25) is 0 Å². The van der Waals surface area contributed by atoms with E-state index in [4.69, 9.17) is 0 Å². The van der Waals surface area contributed by atoms with Crippen molar-refractivity contribution in [1.82, 2.24) is 9.80 Å². The second-order valence-electron chi connectivity index (χ2n) is 3.91. The Kier molecular flexibility index (Phi) is 11.9. The maximum absolute atomic E-state index is 10.4. The average molecular weight is 497 g/mol. The molecule has 10 nitrogen and oxygen atoms in total. The van der Waals surface area contributed by atoms with Gasteiger partial charge in [0, 0.05) is 65.5 Å². The van der Waals surface area contributed by atoms with E-state index in [0.717, 1.165) is 9.80 Å². The van der Waals surface area contributed by atoms with Gasteiger partial charge in [0.1, 0.15) is 0 Å². The average Bonchev–Trinajstić information content (AvgIpc) is 2.22. The molecule has 0 aromatic carbocycles. The van der Waals surface area contributed by atoms with Gasteiger partial charge in [-0.2, -0.15) is 0 Å². The number of carboxylic acids is 4. The van der Waals surface area contributed by atoms with Gasteiger partial charge in [0.25, 0.3) is 0 Å². The summed E-state index contributed by atoms with van der Waals surface area (Å²) in [6.45, 7) is -3.25. The van der Waals surface area contributed by atoms with E-state index in [1.54, 1.807) is 0 Å². The number of carbonyl (C=O) groups is 4. The molecule has 0 atom stereocenters. The SMILES string of the molecule is O=C([O-])CN(CCN(CC(=O)[O-])CC(=O)[O-])CC(=O)[O-].[Bi]. The molecule has 0 spiro atoms. The predicted octanol–water partition coefficient (Wildman–Crippen LogP) is -7.79. The number of rotatable bonds is 11. The molecule has 21 heavy (non-hydrogen) atoms. The molecule has 0 N–H and O–H groups in total. The van der Waals surface area contributed by atoms with E-state index in [2.05, 4.69) is 0 Å². The van der Waals surface area contributed by atoms with Crippen LogP contribution < -0.4 is 20.4 Å². The summed E-state index contributed by atoms with van der Waals surface area (Å²) in [6.07, 6.45) is 0. The summed E-state index contributed by atoms with van der Waals surface area (Å²) >= 11 is 0. The first-order chi connectivity index (χ1) is 9.20. The molecule has 0 saturated carbocycles. The Hall–Kier alpha value is -1.32. The molecule has 0 heterocycles. The molecule has 11 heteroatoms. The van der Waals surface area contributed by atoms with Crippen molar-refractivity contribution >= 4 is 50.1 Å². The van der Waals surface area contributed by atoms with Crippen molar-refractivity contribution in [2.75, 3.05) is 39.3 Å². The summed E-state index contributed by atoms with van der Waals surface area (Å²) in [6, 6.07) is 0. The molecular formula is C10H12BiN2O8-4. The number of carbonyl (C=O) groups excluding carboxylic acids is 4. The van der Waals surface area contributed by atoms with E-state index < -0.39 is 50.1 Å². The van der Waals surface area contributed by atoms with Gasteiger partial charge in [-0.15, -0.1) is 0 Å². The Balaban J connectivity index is 0. The number of carboxylic acid groups (broad SMARTS) is 4. The van der Waals surface area contributed by atoms with Crippen molar-refractivity contribution in [1.29, 1.82) is 0 Å². The summed E-state index contributed by atoms with van der Waals surface area (Å²) < 4.78 is 0. The molecule has 0 aromatic rings. The molecule has 0 fully saturated rings.